The van der Waals surface area contributed by atoms with Crippen molar-refractivity contribution in [3.63, 3.8) is 0 Å². The Morgan fingerprint density at radius 1 is 1.22 bits per heavy atom. The van der Waals surface area contributed by atoms with E-state index in [9.17, 15) is 9.59 Å². The van der Waals surface area contributed by atoms with E-state index in [1.807, 2.05) is 36.4 Å². The molecule has 0 unspecified atom stereocenters. The molecule has 1 aromatic heterocycles. The van der Waals surface area contributed by atoms with Crippen LogP contribution in [0.1, 0.15) is 18.1 Å². The molecular formula is C18H16N2O3. The minimum atomic E-state index is -0.503. The average Bonchev–Trinajstić information content (AvgIpc) is 2.82. The number of para-hydroxylation sites is 1. The van der Waals surface area contributed by atoms with E-state index in [1.54, 1.807) is 24.2 Å². The quantitative estimate of drug-likeness (QED) is 0.643. The van der Waals surface area contributed by atoms with Gasteiger partial charge < -0.3 is 9.64 Å². The Morgan fingerprint density at radius 2 is 1.96 bits per heavy atom. The molecule has 3 rings (SSSR count). The van der Waals surface area contributed by atoms with E-state index in [0.29, 0.717) is 12.1 Å². The summed E-state index contributed by atoms with van der Waals surface area (Å²) in [5.74, 6) is -0.701. The van der Waals surface area contributed by atoms with E-state index in [1.165, 1.54) is 6.08 Å². The second kappa shape index (κ2) is 6.44. The average molecular weight is 308 g/mol. The third-order valence-corrected chi connectivity index (χ3v) is 3.60. The third kappa shape index (κ3) is 2.99. The maximum absolute atomic E-state index is 12.7. The summed E-state index contributed by atoms with van der Waals surface area (Å²) in [6, 6.07) is 11.2. The van der Waals surface area contributed by atoms with E-state index in [2.05, 4.69) is 4.98 Å². The third-order valence-electron chi connectivity index (χ3n) is 3.60. The molecule has 5 nitrogen and oxygen atoms in total. The van der Waals surface area contributed by atoms with Gasteiger partial charge in [0, 0.05) is 24.0 Å². The molecule has 0 saturated heterocycles. The second-order valence-electron chi connectivity index (χ2n) is 5.07. The molecule has 116 valence electrons. The molecule has 0 spiro atoms. The molecule has 2 heterocycles. The highest BCUT2D eigenvalue weighted by Crippen LogP contribution is 2.37. The Hall–Kier alpha value is -2.95. The molecule has 1 aromatic carbocycles. The number of hydrogen-bond acceptors (Lipinski definition) is 4. The first kappa shape index (κ1) is 15.0. The first-order valence-corrected chi connectivity index (χ1v) is 7.39. The smallest absolute Gasteiger partial charge is 0.331 e. The van der Waals surface area contributed by atoms with Gasteiger partial charge in [0.15, 0.2) is 0 Å². The predicted molar refractivity (Wildman–Crippen MR) is 86.5 cm³/mol. The fourth-order valence-corrected chi connectivity index (χ4v) is 2.58. The molecule has 0 radical (unpaired) electrons. The highest BCUT2D eigenvalue weighted by atomic mass is 16.5. The molecule has 0 bridgehead atoms. The summed E-state index contributed by atoms with van der Waals surface area (Å²) in [7, 11) is 0. The number of rotatable bonds is 4. The van der Waals surface area contributed by atoms with Crippen molar-refractivity contribution in [1.82, 2.24) is 4.98 Å². The molecule has 5 heteroatoms. The van der Waals surface area contributed by atoms with Gasteiger partial charge in [-0.1, -0.05) is 18.2 Å². The number of amides is 1. The topological polar surface area (TPSA) is 59.5 Å². The Kier molecular flexibility index (Phi) is 4.19. The van der Waals surface area contributed by atoms with Crippen molar-refractivity contribution in [1.29, 1.82) is 0 Å². The monoisotopic (exact) mass is 308 g/mol. The van der Waals surface area contributed by atoms with E-state index in [0.717, 1.165) is 16.8 Å². The van der Waals surface area contributed by atoms with Crippen LogP contribution in [0.25, 0.3) is 5.57 Å². The lowest BCUT2D eigenvalue weighted by atomic mass is 10.1. The zero-order valence-corrected chi connectivity index (χ0v) is 12.7. The SMILES string of the molecule is CCOC(=O)C=C1C(=O)N(Cc2ccncc2)c2ccccc21. The van der Waals surface area contributed by atoms with Crippen LogP contribution in [0.2, 0.25) is 0 Å². The number of carbonyl (C=O) groups excluding carboxylic acids is 2. The summed E-state index contributed by atoms with van der Waals surface area (Å²) in [4.78, 5) is 30.1. The van der Waals surface area contributed by atoms with Gasteiger partial charge in [0.1, 0.15) is 0 Å². The summed E-state index contributed by atoms with van der Waals surface area (Å²) in [6.07, 6.45) is 4.66. The number of ether oxygens (including phenoxy) is 1. The van der Waals surface area contributed by atoms with Gasteiger partial charge in [0.05, 0.1) is 24.4 Å². The Labute approximate surface area is 134 Å². The number of hydrogen-bond donors (Lipinski definition) is 0. The first-order valence-electron chi connectivity index (χ1n) is 7.39. The van der Waals surface area contributed by atoms with Crippen molar-refractivity contribution in [3.8, 4) is 0 Å². The van der Waals surface area contributed by atoms with E-state index in [4.69, 9.17) is 4.74 Å². The number of nitrogens with zero attached hydrogens (tertiary/aromatic N) is 2. The van der Waals surface area contributed by atoms with E-state index >= 15 is 0 Å². The van der Waals surface area contributed by atoms with Crippen LogP contribution in [0.4, 0.5) is 5.69 Å². The summed E-state index contributed by atoms with van der Waals surface area (Å²) >= 11 is 0. The fraction of sp³-hybridized carbons (Fsp3) is 0.167. The van der Waals surface area contributed by atoms with E-state index in [-0.39, 0.29) is 12.5 Å². The fourth-order valence-electron chi connectivity index (χ4n) is 2.58. The summed E-state index contributed by atoms with van der Waals surface area (Å²) < 4.78 is 4.93. The van der Waals surface area contributed by atoms with Gasteiger partial charge in [-0.2, -0.15) is 0 Å². The Balaban J connectivity index is 1.97. The van der Waals surface area contributed by atoms with Crippen LogP contribution in [0, 0.1) is 0 Å². The number of esters is 1. The number of aromatic nitrogens is 1. The van der Waals surface area contributed by atoms with Crippen molar-refractivity contribution in [2.75, 3.05) is 11.5 Å². The number of anilines is 1. The minimum Gasteiger partial charge on any atom is -0.463 e. The number of benzene rings is 1. The molecule has 0 atom stereocenters. The standard InChI is InChI=1S/C18H16N2O3/c1-2-23-17(21)11-15-14-5-3-4-6-16(14)20(18(15)22)12-13-7-9-19-10-8-13/h3-11H,2,12H2,1H3. The molecule has 2 aromatic rings. The van der Waals surface area contributed by atoms with Crippen LogP contribution in [0.15, 0.2) is 54.9 Å². The van der Waals surface area contributed by atoms with Gasteiger partial charge in [-0.3, -0.25) is 9.78 Å². The molecule has 0 N–H and O–H groups in total. The van der Waals surface area contributed by atoms with E-state index < -0.39 is 5.97 Å². The molecule has 0 saturated carbocycles. The van der Waals surface area contributed by atoms with Crippen LogP contribution in [-0.4, -0.2) is 23.5 Å². The lowest BCUT2D eigenvalue weighted by Crippen LogP contribution is -2.25. The molecule has 0 fully saturated rings. The van der Waals surface area contributed by atoms with Crippen molar-refractivity contribution < 1.29 is 14.3 Å². The van der Waals surface area contributed by atoms with Crippen molar-refractivity contribution in [2.24, 2.45) is 0 Å². The molecule has 23 heavy (non-hydrogen) atoms. The molecule has 1 amide bonds. The Bertz CT molecular complexity index is 769. The van der Waals surface area contributed by atoms with Crippen LogP contribution in [0.5, 0.6) is 0 Å². The van der Waals surface area contributed by atoms with Crippen LogP contribution < -0.4 is 4.90 Å². The zero-order chi connectivity index (χ0) is 16.2. The van der Waals surface area contributed by atoms with Crippen molar-refractivity contribution in [3.05, 3.63) is 66.0 Å². The van der Waals surface area contributed by atoms with Crippen molar-refractivity contribution in [2.45, 2.75) is 13.5 Å². The normalized spacial score (nSPS) is 14.9. The van der Waals surface area contributed by atoms with Gasteiger partial charge in [-0.15, -0.1) is 0 Å². The number of carbonyl (C=O) groups is 2. The largest absolute Gasteiger partial charge is 0.463 e. The second-order valence-corrected chi connectivity index (χ2v) is 5.07. The first-order chi connectivity index (χ1) is 11.2. The Morgan fingerprint density at radius 3 is 2.70 bits per heavy atom. The van der Waals surface area contributed by atoms with Gasteiger partial charge in [-0.05, 0) is 30.7 Å². The number of fused-ring (bicyclic) bond motifs is 1. The molecule has 1 aliphatic rings. The molecular weight excluding hydrogens is 292 g/mol. The molecule has 0 aliphatic carbocycles. The maximum Gasteiger partial charge on any atom is 0.331 e. The summed E-state index contributed by atoms with van der Waals surface area (Å²) in [5, 5.41) is 0. The van der Waals surface area contributed by atoms with Gasteiger partial charge in [0.25, 0.3) is 5.91 Å². The van der Waals surface area contributed by atoms with Crippen LogP contribution >= 0.6 is 0 Å². The lowest BCUT2D eigenvalue weighted by Gasteiger charge is -2.16. The van der Waals surface area contributed by atoms with Crippen LogP contribution in [-0.2, 0) is 20.9 Å². The summed E-state index contributed by atoms with van der Waals surface area (Å²) in [6.45, 7) is 2.44. The highest BCUT2D eigenvalue weighted by molar-refractivity contribution is 6.34. The van der Waals surface area contributed by atoms with Gasteiger partial charge in [0.2, 0.25) is 0 Å². The van der Waals surface area contributed by atoms with Crippen molar-refractivity contribution >= 4 is 23.1 Å². The van der Waals surface area contributed by atoms with Gasteiger partial charge >= 0.3 is 5.97 Å². The van der Waals surface area contributed by atoms with Gasteiger partial charge in [-0.25, -0.2) is 4.79 Å². The zero-order valence-electron chi connectivity index (χ0n) is 12.7. The van der Waals surface area contributed by atoms with Crippen LogP contribution in [0.3, 0.4) is 0 Å². The number of pyridine rings is 1. The minimum absolute atomic E-state index is 0.198. The summed E-state index contributed by atoms with van der Waals surface area (Å²) in [5.41, 5.74) is 2.89. The lowest BCUT2D eigenvalue weighted by molar-refractivity contribution is -0.137. The predicted octanol–water partition coefficient (Wildman–Crippen LogP) is 2.57. The highest BCUT2D eigenvalue weighted by Gasteiger charge is 2.32. The molecule has 1 aliphatic heterocycles. The maximum atomic E-state index is 12.7.